The van der Waals surface area contributed by atoms with Crippen molar-refractivity contribution in [2.75, 3.05) is 125 Å². The van der Waals surface area contributed by atoms with Gasteiger partial charge in [-0.2, -0.15) is 0 Å². The van der Waals surface area contributed by atoms with Gasteiger partial charge in [0.25, 0.3) is 0 Å². The third-order valence-electron chi connectivity index (χ3n) is 17.4. The molecule has 2 aliphatic carbocycles. The van der Waals surface area contributed by atoms with Gasteiger partial charge in [0.1, 0.15) is 21.6 Å². The molecule has 1 atom stereocenters. The molecule has 0 saturated carbocycles. The van der Waals surface area contributed by atoms with E-state index >= 15 is 0 Å². The monoisotopic (exact) mass is 1450 g/mol. The number of fused-ring (bicyclic) bond motifs is 2. The van der Waals surface area contributed by atoms with E-state index in [1.807, 2.05) is 26.8 Å². The minimum Gasteiger partial charge on any atom is -0.410 e. The van der Waals surface area contributed by atoms with Crippen LogP contribution in [0.4, 0.5) is 9.59 Å². The molecule has 0 spiro atoms. The number of rotatable bonds is 35. The molecule has 0 radical (unpaired) electrons. The van der Waals surface area contributed by atoms with Gasteiger partial charge in [0.2, 0.25) is 23.6 Å². The number of nitrogens with one attached hydrogen (secondary N) is 2. The number of carbonyl (C=O) groups excluding carboxylic acids is 10. The van der Waals surface area contributed by atoms with Gasteiger partial charge < -0.3 is 58.7 Å². The first-order valence-electron chi connectivity index (χ1n) is 34.0. The molecule has 2 aromatic carbocycles. The molecule has 0 bridgehead atoms. The summed E-state index contributed by atoms with van der Waals surface area (Å²) in [5.41, 5.74) is 2.97. The number of Topliss-reactive ketones (excluding diaryl/α,β-unsaturated/α-hetero) is 4. The van der Waals surface area contributed by atoms with Crippen LogP contribution in [0, 0.1) is 17.8 Å². The van der Waals surface area contributed by atoms with Crippen LogP contribution in [0.25, 0.3) is 20.4 Å². The van der Waals surface area contributed by atoms with Gasteiger partial charge in [-0.3, -0.25) is 43.3 Å². The Kier molecular flexibility index (Phi) is 31.2. The molecule has 4 aromatic rings. The van der Waals surface area contributed by atoms with Gasteiger partial charge in [0, 0.05) is 165 Å². The Hall–Kier alpha value is -7.86. The van der Waals surface area contributed by atoms with Crippen LogP contribution in [0.1, 0.15) is 126 Å². The quantitative estimate of drug-likeness (QED) is 0.0320. The highest BCUT2D eigenvalue weighted by molar-refractivity contribution is 8.15. The van der Waals surface area contributed by atoms with E-state index in [1.54, 1.807) is 125 Å². The number of aryl methyl sites for hydroxylation is 1. The summed E-state index contributed by atoms with van der Waals surface area (Å²) in [5.74, 6) is 0.264. The molecule has 3 heterocycles. The third-order valence-corrected chi connectivity index (χ3v) is 20.7. The number of nitrogens with zero attached hydrogens (tertiary/aromatic N) is 7. The predicted molar refractivity (Wildman–Crippen MR) is 392 cm³/mol. The zero-order valence-corrected chi connectivity index (χ0v) is 63.7. The number of likely N-dealkylation sites (N-methyl/N-ethyl adjacent to an activating group) is 2. The van der Waals surface area contributed by atoms with Crippen LogP contribution in [-0.2, 0) is 57.3 Å². The lowest BCUT2D eigenvalue weighted by Gasteiger charge is -2.33. The number of carbonyl (C=O) groups is 10. The number of hydrogen-bond donors (Lipinski definition) is 2. The van der Waals surface area contributed by atoms with Gasteiger partial charge in [-0.25, -0.2) is 19.6 Å². The van der Waals surface area contributed by atoms with E-state index in [9.17, 15) is 47.9 Å². The summed E-state index contributed by atoms with van der Waals surface area (Å²) in [5, 5.41) is 8.10. The second-order valence-electron chi connectivity index (χ2n) is 26.2. The molecule has 6 amide bonds. The standard InChI is InChI=1S/C38H51N5O8S2.C35H48N4O8S/c1-9-39-30(44)12-16-49-18-19-50-17-15-43(37(48)51-27-10-11-28-29(20-27)53-36(41-28)35-40-23(2)22-52-35)14-13-42(8)31(45)21-38(6,7)32-26(5)33(46)24(3)25(4)34(32)47;1-9-36-29(40)12-16-45-18-19-46-17-15-39(34(44)47-26-10-11-27-28(20-26)48-25(5)37-27)14-13-38(8)30(41)21-35(6,7)31-24(4)32(42)22(2)23(3)33(31)43/h10-11,20,23H,9,12-19,21-22H2,1-8H3,(H,39,44);10-11,20H,9,12-19,21H2,1-8H3,(H,36,40). The number of thioether (sulfide) groups is 1. The summed E-state index contributed by atoms with van der Waals surface area (Å²) in [6.07, 6.45) is -0.666. The van der Waals surface area contributed by atoms with Gasteiger partial charge in [-0.15, -0.1) is 34.4 Å². The fourth-order valence-corrected chi connectivity index (χ4v) is 14.3. The van der Waals surface area contributed by atoms with E-state index in [4.69, 9.17) is 33.4 Å². The molecule has 2 N–H and O–H groups in total. The van der Waals surface area contributed by atoms with Crippen LogP contribution in [0.3, 0.4) is 0 Å². The van der Waals surface area contributed by atoms with Gasteiger partial charge in [-0.05, 0) is 93.5 Å². The molecule has 28 heteroatoms. The van der Waals surface area contributed by atoms with Gasteiger partial charge in [-0.1, -0.05) is 27.7 Å². The van der Waals surface area contributed by atoms with E-state index in [1.165, 1.54) is 42.3 Å². The van der Waals surface area contributed by atoms with E-state index in [0.717, 1.165) is 41.2 Å². The number of thiazole rings is 2. The first-order chi connectivity index (χ1) is 47.8. The largest absolute Gasteiger partial charge is 0.415 e. The normalized spacial score (nSPS) is 15.1. The number of allylic oxidation sites excluding steroid dienone is 8. The molecule has 1 aliphatic heterocycles. The number of ketones is 4. The van der Waals surface area contributed by atoms with Crippen LogP contribution in [-0.4, -0.2) is 225 Å². The summed E-state index contributed by atoms with van der Waals surface area (Å²) >= 11 is 4.68. The van der Waals surface area contributed by atoms with E-state index in [2.05, 4.69) is 27.5 Å². The fraction of sp³-hybridized carbons (Fsp3) is 0.548. The molecular weight excluding hydrogens is 1360 g/mol. The highest BCUT2D eigenvalue weighted by Gasteiger charge is 2.41. The molecular formula is C73H99N9O16S3. The Morgan fingerprint density at radius 1 is 0.515 bits per heavy atom. The number of ether oxygens (including phenoxy) is 6. The second kappa shape index (κ2) is 38.4. The minimum absolute atomic E-state index is 0.00343. The van der Waals surface area contributed by atoms with Crippen LogP contribution < -0.4 is 20.1 Å². The average Bonchev–Trinajstić information content (AvgIpc) is 1.61. The van der Waals surface area contributed by atoms with Crippen molar-refractivity contribution in [2.45, 2.75) is 129 Å². The van der Waals surface area contributed by atoms with Crippen LogP contribution in [0.2, 0.25) is 0 Å². The van der Waals surface area contributed by atoms with Gasteiger partial charge in [0.15, 0.2) is 23.1 Å². The first-order valence-corrected chi connectivity index (χ1v) is 36.6. The Labute approximate surface area is 604 Å². The molecule has 7 rings (SSSR count). The van der Waals surface area contributed by atoms with Gasteiger partial charge in [0.05, 0.1) is 84.3 Å². The summed E-state index contributed by atoms with van der Waals surface area (Å²) < 4.78 is 35.7. The average molecular weight is 1450 g/mol. The third kappa shape index (κ3) is 23.3. The number of aromatic nitrogens is 2. The van der Waals surface area contributed by atoms with Crippen LogP contribution in [0.15, 0.2) is 86.0 Å². The van der Waals surface area contributed by atoms with E-state index in [0.29, 0.717) is 75.8 Å². The highest BCUT2D eigenvalue weighted by Crippen LogP contribution is 2.41. The van der Waals surface area contributed by atoms with E-state index < -0.39 is 23.0 Å². The summed E-state index contributed by atoms with van der Waals surface area (Å²) in [6.45, 7) is 29.0. The second-order valence-corrected chi connectivity index (χ2v) is 29.5. The number of aliphatic imine (C=N–C) groups is 1. The van der Waals surface area contributed by atoms with E-state index in [-0.39, 0.29) is 164 Å². The molecule has 0 saturated heterocycles. The predicted octanol–water partition coefficient (Wildman–Crippen LogP) is 9.86. The Balaban J connectivity index is 0.000000320. The van der Waals surface area contributed by atoms with Crippen LogP contribution in [0.5, 0.6) is 11.5 Å². The first kappa shape index (κ1) is 82.1. The molecule has 2 aromatic heterocycles. The van der Waals surface area contributed by atoms with Crippen molar-refractivity contribution >= 4 is 119 Å². The molecule has 3 aliphatic rings. The lowest BCUT2D eigenvalue weighted by atomic mass is 9.71. The number of hydrogen-bond acceptors (Lipinski definition) is 22. The Morgan fingerprint density at radius 3 is 1.32 bits per heavy atom. The maximum atomic E-state index is 13.6. The Bertz CT molecular complexity index is 3900. The molecule has 0 fully saturated rings. The van der Waals surface area contributed by atoms with Crippen molar-refractivity contribution in [3.8, 4) is 11.5 Å². The summed E-state index contributed by atoms with van der Waals surface area (Å²) in [6, 6.07) is 10.8. The van der Waals surface area contributed by atoms with Crippen molar-refractivity contribution in [2.24, 2.45) is 15.8 Å². The number of amides is 6. The van der Waals surface area contributed by atoms with Crippen molar-refractivity contribution < 1.29 is 76.4 Å². The Morgan fingerprint density at radius 2 is 0.911 bits per heavy atom. The van der Waals surface area contributed by atoms with Crippen molar-refractivity contribution in [3.63, 3.8) is 0 Å². The SMILES string of the molecule is CCNC(=O)CCOCCOCCN(CCN(C)C(=O)CC(C)(C)C1=C(C)C(=O)C(C)=C(C)C1=O)C(=O)Oc1ccc2nc(C)sc2c1.CCNC(=O)CCOCCOCCN(CCN(C)C(=O)CC(C)(C)C1=C(C)C(=O)C(C)=C(C)C1=O)C(=O)Oc1ccc2nc(C3=NC(C)CS3)sc2c1. The smallest absolute Gasteiger partial charge is 0.410 e. The zero-order chi connectivity index (χ0) is 74.5. The van der Waals surface area contributed by atoms with Crippen LogP contribution >= 0.6 is 34.4 Å². The summed E-state index contributed by atoms with van der Waals surface area (Å²) in [4.78, 5) is 149. The van der Waals surface area contributed by atoms with Crippen molar-refractivity contribution in [3.05, 3.63) is 91.0 Å². The lowest BCUT2D eigenvalue weighted by Crippen LogP contribution is -2.43. The lowest BCUT2D eigenvalue weighted by molar-refractivity contribution is -0.132. The topological polar surface area (TPSA) is 301 Å². The molecule has 1 unspecified atom stereocenters. The molecule has 101 heavy (non-hydrogen) atoms. The van der Waals surface area contributed by atoms with Crippen molar-refractivity contribution in [1.29, 1.82) is 0 Å². The van der Waals surface area contributed by atoms with Crippen molar-refractivity contribution in [1.82, 2.24) is 40.2 Å². The molecule has 25 nitrogen and oxygen atoms in total. The summed E-state index contributed by atoms with van der Waals surface area (Å²) in [7, 11) is 3.28. The maximum Gasteiger partial charge on any atom is 0.415 e. The fourth-order valence-electron chi connectivity index (χ4n) is 11.4. The maximum absolute atomic E-state index is 13.6. The minimum atomic E-state index is -0.894. The molecule has 550 valence electrons. The zero-order valence-electron chi connectivity index (χ0n) is 61.3. The number of benzene rings is 2. The highest BCUT2D eigenvalue weighted by atomic mass is 32.2. The van der Waals surface area contributed by atoms with Gasteiger partial charge >= 0.3 is 12.2 Å².